The Morgan fingerprint density at radius 1 is 0.558 bits per heavy atom. The molecule has 0 heterocycles. The first-order valence-electron chi connectivity index (χ1n) is 19.4. The number of alkyl halides is 1. The van der Waals surface area contributed by atoms with Crippen molar-refractivity contribution >= 4 is 34.7 Å². The monoisotopic (exact) mass is 638 g/mol. The van der Waals surface area contributed by atoms with Gasteiger partial charge in [-0.15, -0.1) is 11.6 Å². The number of carbonyl (C=O) groups is 2. The van der Waals surface area contributed by atoms with Crippen LogP contribution in [0.15, 0.2) is 0 Å². The number of carbonyl (C=O) groups excluding carboxylic acids is 2. The summed E-state index contributed by atoms with van der Waals surface area (Å²) in [4.78, 5) is 24.8. The van der Waals surface area contributed by atoms with Crippen LogP contribution in [0.4, 0.5) is 0 Å². The normalized spacial score (nSPS) is 32.4. The fourth-order valence-corrected chi connectivity index (χ4v) is 9.81. The highest BCUT2D eigenvalue weighted by atomic mass is 35.5. The highest BCUT2D eigenvalue weighted by molar-refractivity contribution is 6.64. The lowest BCUT2D eigenvalue weighted by molar-refractivity contribution is -0.118. The van der Waals surface area contributed by atoms with Crippen LogP contribution in [0.1, 0.15) is 199 Å². The highest BCUT2D eigenvalue weighted by Gasteiger charge is 2.38. The fourth-order valence-electron chi connectivity index (χ4n) is 9.22. The number of rotatable bonds is 5. The Morgan fingerprint density at radius 2 is 0.953 bits per heavy atom. The fraction of sp³-hybridized carbons (Fsp3) is 0.949. The van der Waals surface area contributed by atoms with Crippen molar-refractivity contribution in [2.24, 2.45) is 29.6 Å². The first-order valence-corrected chi connectivity index (χ1v) is 20.1. The molecule has 43 heavy (non-hydrogen) atoms. The summed E-state index contributed by atoms with van der Waals surface area (Å²) in [6, 6.07) is 0. The average molecular weight is 640 g/mol. The maximum Gasteiger partial charge on any atom is 0.225 e. The lowest BCUT2D eigenvalue weighted by Crippen LogP contribution is -2.33. The van der Waals surface area contributed by atoms with Crippen LogP contribution in [-0.4, -0.2) is 16.4 Å². The molecule has 0 spiro atoms. The van der Waals surface area contributed by atoms with Crippen molar-refractivity contribution in [3.63, 3.8) is 0 Å². The van der Waals surface area contributed by atoms with E-state index in [0.29, 0.717) is 30.6 Å². The van der Waals surface area contributed by atoms with E-state index in [2.05, 4.69) is 0 Å². The van der Waals surface area contributed by atoms with E-state index in [9.17, 15) is 9.59 Å². The molecule has 2 nitrogen and oxygen atoms in total. The van der Waals surface area contributed by atoms with Crippen LogP contribution < -0.4 is 0 Å². The molecule has 0 aliphatic heterocycles. The first-order chi connectivity index (χ1) is 21.0. The van der Waals surface area contributed by atoms with E-state index in [1.54, 1.807) is 0 Å². The second-order valence-electron chi connectivity index (χ2n) is 15.4. The smallest absolute Gasteiger partial charge is 0.225 e. The molecule has 0 aromatic rings. The van der Waals surface area contributed by atoms with Gasteiger partial charge in [0, 0.05) is 5.92 Å². The van der Waals surface area contributed by atoms with Gasteiger partial charge in [-0.25, -0.2) is 0 Å². The quantitative estimate of drug-likeness (QED) is 0.170. The topological polar surface area (TPSA) is 34.1 Å². The summed E-state index contributed by atoms with van der Waals surface area (Å²) in [5, 5.41) is -0.178. The van der Waals surface area contributed by atoms with Crippen molar-refractivity contribution in [3.8, 4) is 0 Å². The largest absolute Gasteiger partial charge is 0.301 e. The number of hydrogen-bond acceptors (Lipinski definition) is 2. The molecule has 3 rings (SSSR count). The van der Waals surface area contributed by atoms with Gasteiger partial charge >= 0.3 is 0 Å². The number of aldehydes is 1. The summed E-state index contributed by atoms with van der Waals surface area (Å²) >= 11 is 13.7. The van der Waals surface area contributed by atoms with Crippen LogP contribution in [-0.2, 0) is 9.59 Å². The lowest BCUT2D eigenvalue weighted by atomic mass is 9.71. The Kier molecular flexibility index (Phi) is 19.5. The van der Waals surface area contributed by atoms with Gasteiger partial charge in [0.25, 0.3) is 0 Å². The average Bonchev–Trinajstić information content (AvgIpc) is 2.97. The van der Waals surface area contributed by atoms with E-state index in [4.69, 9.17) is 23.2 Å². The van der Waals surface area contributed by atoms with Crippen LogP contribution in [0, 0.1) is 29.6 Å². The minimum absolute atomic E-state index is 0.165. The van der Waals surface area contributed by atoms with Crippen LogP contribution in [0.5, 0.6) is 0 Å². The predicted molar refractivity (Wildman–Crippen MR) is 186 cm³/mol. The zero-order valence-corrected chi connectivity index (χ0v) is 29.5. The third kappa shape index (κ3) is 15.4. The molecule has 0 bridgehead atoms. The molecule has 0 radical (unpaired) electrons. The van der Waals surface area contributed by atoms with Crippen molar-refractivity contribution in [2.75, 3.05) is 0 Å². The molecular weight excluding hydrogens is 571 g/mol. The van der Waals surface area contributed by atoms with E-state index in [1.807, 2.05) is 0 Å². The zero-order valence-electron chi connectivity index (χ0n) is 28.0. The molecule has 0 saturated heterocycles. The van der Waals surface area contributed by atoms with Gasteiger partial charge in [-0.05, 0) is 67.4 Å². The van der Waals surface area contributed by atoms with Gasteiger partial charge in [0.2, 0.25) is 5.24 Å². The molecule has 3 aliphatic rings. The van der Waals surface area contributed by atoms with Crippen LogP contribution in [0.3, 0.4) is 0 Å². The van der Waals surface area contributed by atoms with Gasteiger partial charge in [0.05, 0.1) is 0 Å². The Balaban J connectivity index is 1.68. The minimum Gasteiger partial charge on any atom is -0.301 e. The minimum atomic E-state index is -0.864. The van der Waals surface area contributed by atoms with Crippen LogP contribution >= 0.6 is 23.2 Å². The molecule has 3 fully saturated rings. The number of halogens is 2. The first kappa shape index (κ1) is 37.4. The molecular formula is C39H68Cl2O2. The summed E-state index contributed by atoms with van der Waals surface area (Å²) in [5.74, 6) is 2.03. The maximum atomic E-state index is 13.1. The van der Waals surface area contributed by atoms with E-state index in [0.717, 1.165) is 25.0 Å². The van der Waals surface area contributed by atoms with Gasteiger partial charge in [-0.1, -0.05) is 167 Å². The molecule has 0 aromatic carbocycles. The Morgan fingerprint density at radius 3 is 1.42 bits per heavy atom. The maximum absolute atomic E-state index is 13.1. The van der Waals surface area contributed by atoms with E-state index in [-0.39, 0.29) is 11.2 Å². The van der Waals surface area contributed by atoms with E-state index >= 15 is 0 Å². The molecule has 3 aliphatic carbocycles. The lowest BCUT2D eigenvalue weighted by Gasteiger charge is -2.36. The molecule has 0 N–H and O–H groups in total. The zero-order chi connectivity index (χ0) is 30.6. The molecule has 0 amide bonds. The van der Waals surface area contributed by atoms with Crippen LogP contribution in [0.25, 0.3) is 0 Å². The van der Waals surface area contributed by atoms with Crippen molar-refractivity contribution in [2.45, 2.75) is 204 Å². The summed E-state index contributed by atoms with van der Waals surface area (Å²) < 4.78 is 0. The summed E-state index contributed by atoms with van der Waals surface area (Å²) in [6.07, 6.45) is 40.0. The highest BCUT2D eigenvalue weighted by Crippen LogP contribution is 2.42. The van der Waals surface area contributed by atoms with Crippen molar-refractivity contribution in [1.82, 2.24) is 0 Å². The summed E-state index contributed by atoms with van der Waals surface area (Å²) in [6.45, 7) is 0. The SMILES string of the molecule is O=CC1(Cl)CCC(C(=O)Cl)C(C2CCCCCCCCCCC2)CCCCCC(CC2CCCCCCCCCCC2)C1. The second-order valence-corrected chi connectivity index (χ2v) is 16.5. The number of hydrogen-bond donors (Lipinski definition) is 0. The predicted octanol–water partition coefficient (Wildman–Crippen LogP) is 13.1. The summed E-state index contributed by atoms with van der Waals surface area (Å²) in [7, 11) is 0. The van der Waals surface area contributed by atoms with Crippen LogP contribution in [0.2, 0.25) is 0 Å². The summed E-state index contributed by atoms with van der Waals surface area (Å²) in [5.41, 5.74) is 0. The van der Waals surface area contributed by atoms with Gasteiger partial charge < -0.3 is 4.79 Å². The standard InChI is InChI=1S/C39H68Cl2O2/c40-38(43)37-28-29-39(41,32-42)31-34(30-33-22-16-11-7-3-1-4-8-12-17-23-33)24-18-15-21-27-36(37)35-25-19-13-9-5-2-6-10-14-20-26-35/h32-37H,1-31H2. The van der Waals surface area contributed by atoms with E-state index < -0.39 is 4.87 Å². The third-order valence-corrected chi connectivity index (χ3v) is 12.5. The van der Waals surface area contributed by atoms with Crippen molar-refractivity contribution < 1.29 is 9.59 Å². The molecule has 0 aromatic heterocycles. The Labute approximate surface area is 277 Å². The third-order valence-electron chi connectivity index (χ3n) is 11.8. The van der Waals surface area contributed by atoms with E-state index in [1.165, 1.54) is 173 Å². The Hall–Kier alpha value is -0.0800. The second kappa shape index (κ2) is 22.4. The van der Waals surface area contributed by atoms with Gasteiger partial charge in [0.1, 0.15) is 11.2 Å². The van der Waals surface area contributed by atoms with Gasteiger partial charge in [-0.3, -0.25) is 4.79 Å². The Bertz CT molecular complexity index is 717. The molecule has 250 valence electrons. The molecule has 4 atom stereocenters. The van der Waals surface area contributed by atoms with Crippen molar-refractivity contribution in [3.05, 3.63) is 0 Å². The molecule has 4 heteroatoms. The molecule has 4 unspecified atom stereocenters. The van der Waals surface area contributed by atoms with Gasteiger partial charge in [-0.2, -0.15) is 0 Å². The van der Waals surface area contributed by atoms with Gasteiger partial charge in [0.15, 0.2) is 0 Å². The van der Waals surface area contributed by atoms with Crippen molar-refractivity contribution in [1.29, 1.82) is 0 Å². The molecule has 3 saturated carbocycles.